The Morgan fingerprint density at radius 1 is 1.40 bits per heavy atom. The second-order valence-electron chi connectivity index (χ2n) is 4.39. The Bertz CT molecular complexity index is 220. The average Bonchev–Trinajstić information content (AvgIpc) is 2.25. The van der Waals surface area contributed by atoms with Crippen molar-refractivity contribution in [3.05, 3.63) is 12.7 Å². The predicted octanol–water partition coefficient (Wildman–Crippen LogP) is 1.76. The van der Waals surface area contributed by atoms with Crippen molar-refractivity contribution in [3.63, 3.8) is 0 Å². The van der Waals surface area contributed by atoms with Gasteiger partial charge >= 0.3 is 0 Å². The van der Waals surface area contributed by atoms with Gasteiger partial charge in [0.05, 0.1) is 5.60 Å². The first-order chi connectivity index (χ1) is 7.16. The molecule has 0 heterocycles. The van der Waals surface area contributed by atoms with E-state index in [2.05, 4.69) is 11.9 Å². The molecule has 3 nitrogen and oxygen atoms in total. The Balaban J connectivity index is 2.22. The first-order valence-corrected chi connectivity index (χ1v) is 5.76. The normalized spacial score (nSPS) is 19.5. The molecule has 1 aliphatic carbocycles. The fourth-order valence-electron chi connectivity index (χ4n) is 1.97. The molecule has 1 fully saturated rings. The molecule has 1 aliphatic rings. The van der Waals surface area contributed by atoms with Gasteiger partial charge in [0.2, 0.25) is 5.91 Å². The first kappa shape index (κ1) is 12.2. The molecule has 0 radical (unpaired) electrons. The Morgan fingerprint density at radius 2 is 2.07 bits per heavy atom. The van der Waals surface area contributed by atoms with E-state index in [9.17, 15) is 9.90 Å². The van der Waals surface area contributed by atoms with Gasteiger partial charge in [-0.05, 0) is 19.3 Å². The van der Waals surface area contributed by atoms with Crippen LogP contribution in [0.5, 0.6) is 0 Å². The molecular formula is C12H21NO2. The molecule has 3 heteroatoms. The van der Waals surface area contributed by atoms with Crippen molar-refractivity contribution < 1.29 is 9.90 Å². The summed E-state index contributed by atoms with van der Waals surface area (Å²) in [5, 5.41) is 12.9. The standard InChI is InChI=1S/C12H21NO2/c1-2-3-7-11(14)13-10-12(15)8-5-4-6-9-12/h2,15H,1,3-10H2,(H,13,14). The molecule has 15 heavy (non-hydrogen) atoms. The molecule has 0 bridgehead atoms. The highest BCUT2D eigenvalue weighted by Gasteiger charge is 2.29. The van der Waals surface area contributed by atoms with Gasteiger partial charge in [-0.25, -0.2) is 0 Å². The fourth-order valence-corrected chi connectivity index (χ4v) is 1.97. The lowest BCUT2D eigenvalue weighted by Gasteiger charge is -2.32. The molecule has 86 valence electrons. The van der Waals surface area contributed by atoms with E-state index in [0.29, 0.717) is 19.4 Å². The number of allylic oxidation sites excluding steroid dienone is 1. The van der Waals surface area contributed by atoms with Gasteiger partial charge in [-0.1, -0.05) is 25.3 Å². The fraction of sp³-hybridized carbons (Fsp3) is 0.750. The third kappa shape index (κ3) is 4.47. The van der Waals surface area contributed by atoms with Crippen molar-refractivity contribution in [2.75, 3.05) is 6.54 Å². The summed E-state index contributed by atoms with van der Waals surface area (Å²) in [5.41, 5.74) is -0.651. The van der Waals surface area contributed by atoms with E-state index in [1.54, 1.807) is 6.08 Å². The van der Waals surface area contributed by atoms with Gasteiger partial charge in [-0.2, -0.15) is 0 Å². The van der Waals surface area contributed by atoms with Crippen molar-refractivity contribution in [1.29, 1.82) is 0 Å². The van der Waals surface area contributed by atoms with E-state index in [1.165, 1.54) is 6.42 Å². The van der Waals surface area contributed by atoms with Crippen LogP contribution in [0.2, 0.25) is 0 Å². The third-order valence-corrected chi connectivity index (χ3v) is 2.97. The SMILES string of the molecule is C=CCCC(=O)NCC1(O)CCCCC1. The molecule has 1 amide bonds. The summed E-state index contributed by atoms with van der Waals surface area (Å²) in [7, 11) is 0. The second kappa shape index (κ2) is 5.91. The molecule has 2 N–H and O–H groups in total. The quantitative estimate of drug-likeness (QED) is 0.681. The molecule has 0 saturated heterocycles. The molecular weight excluding hydrogens is 190 g/mol. The van der Waals surface area contributed by atoms with Crippen molar-refractivity contribution >= 4 is 5.91 Å². The smallest absolute Gasteiger partial charge is 0.220 e. The first-order valence-electron chi connectivity index (χ1n) is 5.76. The topological polar surface area (TPSA) is 49.3 Å². The highest BCUT2D eigenvalue weighted by Crippen LogP contribution is 2.27. The van der Waals surface area contributed by atoms with Crippen molar-refractivity contribution in [1.82, 2.24) is 5.32 Å². The summed E-state index contributed by atoms with van der Waals surface area (Å²) in [6.45, 7) is 3.97. The maximum atomic E-state index is 11.3. The van der Waals surface area contributed by atoms with Gasteiger partial charge in [0.1, 0.15) is 0 Å². The molecule has 1 saturated carbocycles. The van der Waals surface area contributed by atoms with Crippen LogP contribution < -0.4 is 5.32 Å². The maximum Gasteiger partial charge on any atom is 0.220 e. The number of hydrogen-bond acceptors (Lipinski definition) is 2. The highest BCUT2D eigenvalue weighted by molar-refractivity contribution is 5.76. The third-order valence-electron chi connectivity index (χ3n) is 2.97. The van der Waals surface area contributed by atoms with Gasteiger partial charge in [0.15, 0.2) is 0 Å². The summed E-state index contributed by atoms with van der Waals surface area (Å²) in [5.74, 6) is 0.00824. The van der Waals surface area contributed by atoms with Crippen LogP contribution in [0, 0.1) is 0 Å². The number of amides is 1. The number of nitrogens with one attached hydrogen (secondary N) is 1. The van der Waals surface area contributed by atoms with Crippen LogP contribution in [0.4, 0.5) is 0 Å². The number of aliphatic hydroxyl groups is 1. The minimum Gasteiger partial charge on any atom is -0.388 e. The molecule has 0 atom stereocenters. The highest BCUT2D eigenvalue weighted by atomic mass is 16.3. The maximum absolute atomic E-state index is 11.3. The summed E-state index contributed by atoms with van der Waals surface area (Å²) < 4.78 is 0. The second-order valence-corrected chi connectivity index (χ2v) is 4.39. The van der Waals surface area contributed by atoms with Gasteiger partial charge in [-0.3, -0.25) is 4.79 Å². The Hall–Kier alpha value is -0.830. The molecule has 0 aliphatic heterocycles. The molecule has 0 aromatic carbocycles. The number of carbonyl (C=O) groups is 1. The lowest BCUT2D eigenvalue weighted by atomic mass is 9.85. The van der Waals surface area contributed by atoms with E-state index in [1.807, 2.05) is 0 Å². The summed E-state index contributed by atoms with van der Waals surface area (Å²) in [6.07, 6.45) is 7.87. The van der Waals surface area contributed by atoms with E-state index in [-0.39, 0.29) is 5.91 Å². The number of carbonyl (C=O) groups excluding carboxylic acids is 1. The van der Waals surface area contributed by atoms with Crippen LogP contribution in [0.25, 0.3) is 0 Å². The van der Waals surface area contributed by atoms with Crippen molar-refractivity contribution in [2.45, 2.75) is 50.5 Å². The van der Waals surface area contributed by atoms with Crippen molar-refractivity contribution in [3.8, 4) is 0 Å². The van der Waals surface area contributed by atoms with Crippen molar-refractivity contribution in [2.24, 2.45) is 0 Å². The largest absolute Gasteiger partial charge is 0.388 e. The molecule has 0 spiro atoms. The zero-order valence-electron chi connectivity index (χ0n) is 9.30. The van der Waals surface area contributed by atoms with E-state index < -0.39 is 5.60 Å². The lowest BCUT2D eigenvalue weighted by molar-refractivity contribution is -0.122. The Labute approximate surface area is 91.6 Å². The van der Waals surface area contributed by atoms with Crippen LogP contribution in [0.3, 0.4) is 0 Å². The van der Waals surface area contributed by atoms with Gasteiger partial charge < -0.3 is 10.4 Å². The molecule has 0 aromatic heterocycles. The monoisotopic (exact) mass is 211 g/mol. The van der Waals surface area contributed by atoms with Gasteiger partial charge in [0.25, 0.3) is 0 Å². The van der Waals surface area contributed by atoms with E-state index in [4.69, 9.17) is 0 Å². The minimum absolute atomic E-state index is 0.00824. The lowest BCUT2D eigenvalue weighted by Crippen LogP contribution is -2.44. The van der Waals surface area contributed by atoms with E-state index >= 15 is 0 Å². The molecule has 1 rings (SSSR count). The zero-order chi connectivity index (χ0) is 11.1. The van der Waals surface area contributed by atoms with Crippen LogP contribution in [-0.2, 0) is 4.79 Å². The number of hydrogen-bond donors (Lipinski definition) is 2. The van der Waals surface area contributed by atoms with Crippen LogP contribution >= 0.6 is 0 Å². The zero-order valence-corrected chi connectivity index (χ0v) is 9.30. The summed E-state index contributed by atoms with van der Waals surface area (Å²) in [6, 6.07) is 0. The predicted molar refractivity (Wildman–Crippen MR) is 60.5 cm³/mol. The van der Waals surface area contributed by atoms with Crippen LogP contribution in [-0.4, -0.2) is 23.2 Å². The van der Waals surface area contributed by atoms with Gasteiger partial charge in [-0.15, -0.1) is 6.58 Å². The Kier molecular flexibility index (Phi) is 4.82. The van der Waals surface area contributed by atoms with E-state index in [0.717, 1.165) is 25.7 Å². The molecule has 0 unspecified atom stereocenters. The minimum atomic E-state index is -0.651. The average molecular weight is 211 g/mol. The summed E-state index contributed by atoms with van der Waals surface area (Å²) >= 11 is 0. The van der Waals surface area contributed by atoms with Crippen LogP contribution in [0.1, 0.15) is 44.9 Å². The summed E-state index contributed by atoms with van der Waals surface area (Å²) in [4.78, 5) is 11.3. The Morgan fingerprint density at radius 3 is 2.67 bits per heavy atom. The molecule has 0 aromatic rings. The van der Waals surface area contributed by atoms with Crippen LogP contribution in [0.15, 0.2) is 12.7 Å². The number of rotatable bonds is 5. The van der Waals surface area contributed by atoms with Gasteiger partial charge in [0, 0.05) is 13.0 Å².